The van der Waals surface area contributed by atoms with E-state index >= 15 is 0 Å². The fourth-order valence-corrected chi connectivity index (χ4v) is 4.69. The average molecular weight is 592 g/mol. The highest BCUT2D eigenvalue weighted by molar-refractivity contribution is 9.10. The molecular formula is C24H29BrF3N3O4S. The first-order chi connectivity index (χ1) is 16.7. The predicted octanol–water partition coefficient (Wildman–Crippen LogP) is 4.57. The average Bonchev–Trinajstić information content (AvgIpc) is 2.79. The molecule has 0 bridgehead atoms. The molecule has 2 amide bonds. The molecule has 0 unspecified atom stereocenters. The summed E-state index contributed by atoms with van der Waals surface area (Å²) in [6.07, 6.45) is -2.29. The van der Waals surface area contributed by atoms with E-state index in [4.69, 9.17) is 0 Å². The smallest absolute Gasteiger partial charge is 0.354 e. The summed E-state index contributed by atoms with van der Waals surface area (Å²) < 4.78 is 66.1. The first-order valence-electron chi connectivity index (χ1n) is 11.2. The molecule has 0 aliphatic heterocycles. The number of hydrogen-bond acceptors (Lipinski definition) is 4. The Morgan fingerprint density at radius 1 is 1.11 bits per heavy atom. The first kappa shape index (κ1) is 29.6. The molecule has 0 aromatic heterocycles. The van der Waals surface area contributed by atoms with E-state index < -0.39 is 46.2 Å². The van der Waals surface area contributed by atoms with Gasteiger partial charge in [-0.15, -0.1) is 0 Å². The van der Waals surface area contributed by atoms with Crippen LogP contribution in [0.1, 0.15) is 37.8 Å². The van der Waals surface area contributed by atoms with Crippen LogP contribution in [0.25, 0.3) is 0 Å². The molecular weight excluding hydrogens is 563 g/mol. The van der Waals surface area contributed by atoms with Crippen LogP contribution in [0.2, 0.25) is 0 Å². The third kappa shape index (κ3) is 8.51. The molecule has 1 N–H and O–H groups in total. The number of benzene rings is 2. The molecule has 2 aromatic rings. The molecule has 0 spiro atoms. The number of nitrogens with one attached hydrogen (secondary N) is 1. The Bertz CT molecular complexity index is 1180. The van der Waals surface area contributed by atoms with Crippen molar-refractivity contribution in [1.29, 1.82) is 0 Å². The summed E-state index contributed by atoms with van der Waals surface area (Å²) in [5.74, 6) is -1.16. The van der Waals surface area contributed by atoms with Crippen LogP contribution in [0.4, 0.5) is 18.9 Å². The predicted molar refractivity (Wildman–Crippen MR) is 136 cm³/mol. The van der Waals surface area contributed by atoms with Gasteiger partial charge in [0.05, 0.1) is 17.5 Å². The molecule has 0 radical (unpaired) electrons. The lowest BCUT2D eigenvalue weighted by Crippen LogP contribution is -2.51. The number of unbranched alkanes of at least 4 members (excludes halogenated alkanes) is 1. The van der Waals surface area contributed by atoms with Gasteiger partial charge in [-0.25, -0.2) is 8.42 Å². The number of alkyl halides is 3. The number of anilines is 1. The summed E-state index contributed by atoms with van der Waals surface area (Å²) in [6.45, 7) is 3.11. The molecule has 36 heavy (non-hydrogen) atoms. The summed E-state index contributed by atoms with van der Waals surface area (Å²) >= 11 is 3.35. The summed E-state index contributed by atoms with van der Waals surface area (Å²) in [5.41, 5.74) is -0.671. The molecule has 198 valence electrons. The van der Waals surface area contributed by atoms with Crippen LogP contribution in [0.15, 0.2) is 53.0 Å². The van der Waals surface area contributed by atoms with E-state index in [1.165, 1.54) is 17.9 Å². The van der Waals surface area contributed by atoms with Crippen molar-refractivity contribution in [2.45, 2.75) is 45.5 Å². The molecule has 0 saturated carbocycles. The fraction of sp³-hybridized carbons (Fsp3) is 0.417. The monoisotopic (exact) mass is 591 g/mol. The minimum atomic E-state index is -4.69. The standard InChI is InChI=1S/C24H29BrF3N3O4S/c1-4-5-12-29-23(33)17(2)30(15-18-8-6-10-20(25)13-18)22(32)16-31(36(3,34)35)21-11-7-9-19(14-21)24(26,27)28/h6-11,13-14,17H,4-5,12,15-16H2,1-3H3,(H,29,33)/t17-/m0/s1. The molecule has 1 atom stereocenters. The van der Waals surface area contributed by atoms with Crippen molar-refractivity contribution in [2.24, 2.45) is 0 Å². The Morgan fingerprint density at radius 2 is 1.78 bits per heavy atom. The van der Waals surface area contributed by atoms with Crippen LogP contribution in [0, 0.1) is 0 Å². The van der Waals surface area contributed by atoms with E-state index in [2.05, 4.69) is 21.2 Å². The summed E-state index contributed by atoms with van der Waals surface area (Å²) in [4.78, 5) is 27.4. The van der Waals surface area contributed by atoms with Gasteiger partial charge in [-0.3, -0.25) is 13.9 Å². The van der Waals surface area contributed by atoms with Crippen LogP contribution in [0.3, 0.4) is 0 Å². The van der Waals surface area contributed by atoms with Gasteiger partial charge >= 0.3 is 6.18 Å². The van der Waals surface area contributed by atoms with Gasteiger partial charge in [-0.1, -0.05) is 47.5 Å². The minimum Gasteiger partial charge on any atom is -0.354 e. The minimum absolute atomic E-state index is 0.0131. The summed E-state index contributed by atoms with van der Waals surface area (Å²) in [6, 6.07) is 9.82. The van der Waals surface area contributed by atoms with Gasteiger partial charge in [0, 0.05) is 17.6 Å². The zero-order chi connectivity index (χ0) is 27.1. The van der Waals surface area contributed by atoms with Crippen molar-refractivity contribution in [3.63, 3.8) is 0 Å². The van der Waals surface area contributed by atoms with Crippen molar-refractivity contribution >= 4 is 43.5 Å². The zero-order valence-corrected chi connectivity index (χ0v) is 22.6. The highest BCUT2D eigenvalue weighted by Gasteiger charge is 2.33. The normalized spacial score (nSPS) is 12.6. The molecule has 0 heterocycles. The quantitative estimate of drug-likeness (QED) is 0.388. The molecule has 0 aliphatic carbocycles. The summed E-state index contributed by atoms with van der Waals surface area (Å²) in [7, 11) is -4.14. The topological polar surface area (TPSA) is 86.8 Å². The lowest BCUT2D eigenvalue weighted by molar-refractivity contribution is -0.139. The van der Waals surface area contributed by atoms with Gasteiger partial charge in [0.1, 0.15) is 12.6 Å². The van der Waals surface area contributed by atoms with Crippen molar-refractivity contribution in [2.75, 3.05) is 23.7 Å². The highest BCUT2D eigenvalue weighted by Crippen LogP contribution is 2.32. The fourth-order valence-electron chi connectivity index (χ4n) is 3.40. The van der Waals surface area contributed by atoms with Crippen molar-refractivity contribution in [1.82, 2.24) is 10.2 Å². The largest absolute Gasteiger partial charge is 0.416 e. The van der Waals surface area contributed by atoms with E-state index in [0.29, 0.717) is 22.5 Å². The van der Waals surface area contributed by atoms with E-state index in [0.717, 1.165) is 35.7 Å². The first-order valence-corrected chi connectivity index (χ1v) is 13.8. The Kier molecular flexibility index (Phi) is 10.4. The zero-order valence-electron chi connectivity index (χ0n) is 20.2. The Hall–Kier alpha value is -2.60. The van der Waals surface area contributed by atoms with Crippen LogP contribution in [0.5, 0.6) is 0 Å². The van der Waals surface area contributed by atoms with Gasteiger partial charge in [-0.05, 0) is 49.2 Å². The number of amides is 2. The van der Waals surface area contributed by atoms with Crippen LogP contribution >= 0.6 is 15.9 Å². The molecule has 0 fully saturated rings. The second-order valence-corrected chi connectivity index (χ2v) is 11.1. The summed E-state index contributed by atoms with van der Waals surface area (Å²) in [5, 5.41) is 2.76. The SMILES string of the molecule is CCCCNC(=O)[C@H](C)N(Cc1cccc(Br)c1)C(=O)CN(c1cccc(C(F)(F)F)c1)S(C)(=O)=O. The number of carbonyl (C=O) groups is 2. The second kappa shape index (κ2) is 12.6. The van der Waals surface area contributed by atoms with Crippen LogP contribution < -0.4 is 9.62 Å². The van der Waals surface area contributed by atoms with Gasteiger partial charge < -0.3 is 10.2 Å². The Labute approximate surface area is 217 Å². The van der Waals surface area contributed by atoms with Crippen LogP contribution in [-0.4, -0.2) is 50.5 Å². The molecule has 0 saturated heterocycles. The molecule has 2 rings (SSSR count). The number of sulfonamides is 1. The number of halogens is 4. The lowest BCUT2D eigenvalue weighted by Gasteiger charge is -2.31. The molecule has 12 heteroatoms. The lowest BCUT2D eigenvalue weighted by atomic mass is 10.1. The third-order valence-electron chi connectivity index (χ3n) is 5.38. The Balaban J connectivity index is 2.41. The van der Waals surface area contributed by atoms with Crippen LogP contribution in [-0.2, 0) is 32.3 Å². The highest BCUT2D eigenvalue weighted by atomic mass is 79.9. The van der Waals surface area contributed by atoms with Crippen molar-refractivity contribution in [3.05, 3.63) is 64.1 Å². The Morgan fingerprint density at radius 3 is 2.36 bits per heavy atom. The maximum atomic E-state index is 13.4. The van der Waals surface area contributed by atoms with Gasteiger partial charge in [0.2, 0.25) is 21.8 Å². The van der Waals surface area contributed by atoms with Gasteiger partial charge in [0.15, 0.2) is 0 Å². The van der Waals surface area contributed by atoms with E-state index in [9.17, 15) is 31.2 Å². The second-order valence-electron chi connectivity index (χ2n) is 8.29. The number of carbonyl (C=O) groups excluding carboxylic acids is 2. The van der Waals surface area contributed by atoms with E-state index in [1.54, 1.807) is 24.3 Å². The maximum absolute atomic E-state index is 13.4. The van der Waals surface area contributed by atoms with Crippen molar-refractivity contribution < 1.29 is 31.2 Å². The number of hydrogen-bond donors (Lipinski definition) is 1. The van der Waals surface area contributed by atoms with E-state index in [-0.39, 0.29) is 12.2 Å². The molecule has 2 aromatic carbocycles. The third-order valence-corrected chi connectivity index (χ3v) is 7.01. The van der Waals surface area contributed by atoms with E-state index in [1.807, 2.05) is 6.92 Å². The number of nitrogens with zero attached hydrogens (tertiary/aromatic N) is 2. The van der Waals surface area contributed by atoms with Gasteiger partial charge in [-0.2, -0.15) is 13.2 Å². The molecule has 0 aliphatic rings. The van der Waals surface area contributed by atoms with Gasteiger partial charge in [0.25, 0.3) is 0 Å². The number of rotatable bonds is 11. The molecule has 7 nitrogen and oxygen atoms in total. The van der Waals surface area contributed by atoms with Crippen molar-refractivity contribution in [3.8, 4) is 0 Å². The maximum Gasteiger partial charge on any atom is 0.416 e.